The number of allylic oxidation sites excluding steroid dienone is 1. The Kier molecular flexibility index (Phi) is 30.8. The van der Waals surface area contributed by atoms with Gasteiger partial charge in [0.15, 0.2) is 0 Å². The average molecular weight is 231 g/mol. The molecule has 0 fully saturated rings. The highest BCUT2D eigenvalue weighted by Gasteiger charge is 1.92. The molecule has 100 valence electrons. The Morgan fingerprint density at radius 1 is 1.06 bits per heavy atom. The van der Waals surface area contributed by atoms with Crippen molar-refractivity contribution in [1.82, 2.24) is 5.43 Å². The number of unbranched alkanes of at least 4 members (excludes halogenated alkanes) is 3. The highest BCUT2D eigenvalue weighted by molar-refractivity contribution is 4.94. The SMILES string of the molecule is CC.CCC.CCCCCC/C(=C/N)NN. The fourth-order valence-electron chi connectivity index (χ4n) is 0.946. The van der Waals surface area contributed by atoms with E-state index < -0.39 is 0 Å². The van der Waals surface area contributed by atoms with E-state index >= 15 is 0 Å². The fourth-order valence-corrected chi connectivity index (χ4v) is 0.946. The molecule has 0 amide bonds. The number of nitrogens with two attached hydrogens (primary N) is 2. The lowest BCUT2D eigenvalue weighted by Crippen LogP contribution is -2.21. The van der Waals surface area contributed by atoms with Crippen molar-refractivity contribution in [2.24, 2.45) is 11.6 Å². The third-order valence-corrected chi connectivity index (χ3v) is 1.69. The van der Waals surface area contributed by atoms with E-state index in [0.717, 1.165) is 12.1 Å². The largest absolute Gasteiger partial charge is 0.403 e. The highest BCUT2D eigenvalue weighted by Crippen LogP contribution is 2.05. The second kappa shape index (κ2) is 23.8. The summed E-state index contributed by atoms with van der Waals surface area (Å²) in [6, 6.07) is 0. The van der Waals surface area contributed by atoms with E-state index in [1.54, 1.807) is 0 Å². The number of hydrogen-bond acceptors (Lipinski definition) is 3. The summed E-state index contributed by atoms with van der Waals surface area (Å²) in [4.78, 5) is 0. The van der Waals surface area contributed by atoms with Crippen LogP contribution in [-0.4, -0.2) is 0 Å². The number of nitrogens with one attached hydrogen (secondary N) is 1. The Morgan fingerprint density at radius 3 is 1.88 bits per heavy atom. The summed E-state index contributed by atoms with van der Waals surface area (Å²) in [7, 11) is 0. The van der Waals surface area contributed by atoms with Gasteiger partial charge in [0.25, 0.3) is 0 Å². The molecule has 0 bridgehead atoms. The monoisotopic (exact) mass is 231 g/mol. The van der Waals surface area contributed by atoms with Crippen molar-refractivity contribution in [3.05, 3.63) is 11.9 Å². The van der Waals surface area contributed by atoms with Gasteiger partial charge in [-0.1, -0.05) is 60.3 Å². The summed E-state index contributed by atoms with van der Waals surface area (Å²) in [5.74, 6) is 5.20. The van der Waals surface area contributed by atoms with E-state index in [-0.39, 0.29) is 0 Å². The zero-order chi connectivity index (χ0) is 13.2. The van der Waals surface area contributed by atoms with E-state index in [4.69, 9.17) is 11.6 Å². The minimum absolute atomic E-state index is 0.932. The lowest BCUT2D eigenvalue weighted by atomic mass is 10.1. The van der Waals surface area contributed by atoms with Crippen LogP contribution in [0.15, 0.2) is 11.9 Å². The third kappa shape index (κ3) is 23.3. The van der Waals surface area contributed by atoms with Crippen LogP contribution in [0.1, 0.15) is 73.1 Å². The first kappa shape index (κ1) is 20.7. The second-order valence-corrected chi connectivity index (χ2v) is 3.35. The number of hydrazine groups is 1. The van der Waals surface area contributed by atoms with E-state index in [1.165, 1.54) is 38.3 Å². The molecule has 0 rings (SSSR count). The molecule has 0 heterocycles. The third-order valence-electron chi connectivity index (χ3n) is 1.69. The van der Waals surface area contributed by atoms with E-state index in [9.17, 15) is 0 Å². The van der Waals surface area contributed by atoms with Crippen LogP contribution in [0.3, 0.4) is 0 Å². The molecular weight excluding hydrogens is 198 g/mol. The molecule has 0 unspecified atom stereocenters. The molecule has 0 aliphatic rings. The zero-order valence-corrected chi connectivity index (χ0v) is 12.0. The Bertz CT molecular complexity index is 122. The van der Waals surface area contributed by atoms with Crippen molar-refractivity contribution in [2.45, 2.75) is 73.1 Å². The highest BCUT2D eigenvalue weighted by atomic mass is 15.2. The lowest BCUT2D eigenvalue weighted by molar-refractivity contribution is 0.642. The van der Waals surface area contributed by atoms with Crippen LogP contribution in [0.2, 0.25) is 0 Å². The lowest BCUT2D eigenvalue weighted by Gasteiger charge is -2.03. The summed E-state index contributed by atoms with van der Waals surface area (Å²) >= 11 is 0. The van der Waals surface area contributed by atoms with Crippen molar-refractivity contribution in [3.8, 4) is 0 Å². The van der Waals surface area contributed by atoms with Crippen LogP contribution >= 0.6 is 0 Å². The van der Waals surface area contributed by atoms with Crippen molar-refractivity contribution in [3.63, 3.8) is 0 Å². The van der Waals surface area contributed by atoms with Crippen LogP contribution < -0.4 is 17.0 Å². The van der Waals surface area contributed by atoms with Gasteiger partial charge in [0.05, 0.1) is 0 Å². The molecule has 5 N–H and O–H groups in total. The van der Waals surface area contributed by atoms with Crippen molar-refractivity contribution in [2.75, 3.05) is 0 Å². The molecule has 0 spiro atoms. The van der Waals surface area contributed by atoms with Crippen molar-refractivity contribution < 1.29 is 0 Å². The molecule has 0 atom stereocenters. The fraction of sp³-hybridized carbons (Fsp3) is 0.846. The molecule has 0 aromatic heterocycles. The Hall–Kier alpha value is -0.700. The molecule has 0 saturated carbocycles. The first-order chi connectivity index (χ1) is 7.76. The predicted octanol–water partition coefficient (Wildman–Crippen LogP) is 3.66. The summed E-state index contributed by atoms with van der Waals surface area (Å²) in [5, 5.41) is 0. The molecule has 0 aliphatic carbocycles. The van der Waals surface area contributed by atoms with Gasteiger partial charge in [0, 0.05) is 11.9 Å². The quantitative estimate of drug-likeness (QED) is 0.371. The van der Waals surface area contributed by atoms with Gasteiger partial charge >= 0.3 is 0 Å². The molecule has 0 saturated heterocycles. The van der Waals surface area contributed by atoms with Crippen LogP contribution in [0, 0.1) is 0 Å². The van der Waals surface area contributed by atoms with Crippen LogP contribution in [0.4, 0.5) is 0 Å². The summed E-state index contributed by atoms with van der Waals surface area (Å²) < 4.78 is 0. The molecule has 0 aromatic rings. The van der Waals surface area contributed by atoms with Crippen LogP contribution in [0.25, 0.3) is 0 Å². The number of rotatable bonds is 6. The van der Waals surface area contributed by atoms with Gasteiger partial charge in [0.2, 0.25) is 0 Å². The molecular formula is C13H33N3. The van der Waals surface area contributed by atoms with Crippen LogP contribution in [0.5, 0.6) is 0 Å². The summed E-state index contributed by atoms with van der Waals surface area (Å²) in [6.07, 6.45) is 8.73. The first-order valence-electron chi connectivity index (χ1n) is 6.64. The smallest absolute Gasteiger partial charge is 0.0413 e. The van der Waals surface area contributed by atoms with Crippen molar-refractivity contribution >= 4 is 0 Å². The normalized spacial score (nSPS) is 9.50. The second-order valence-electron chi connectivity index (χ2n) is 3.35. The predicted molar refractivity (Wildman–Crippen MR) is 75.7 cm³/mol. The van der Waals surface area contributed by atoms with Gasteiger partial charge < -0.3 is 11.2 Å². The summed E-state index contributed by atoms with van der Waals surface area (Å²) in [5.41, 5.74) is 8.79. The Balaban J connectivity index is -0.000000289. The maximum absolute atomic E-state index is 5.29. The Morgan fingerprint density at radius 2 is 1.56 bits per heavy atom. The van der Waals surface area contributed by atoms with Gasteiger partial charge in [0.1, 0.15) is 0 Å². The van der Waals surface area contributed by atoms with Gasteiger partial charge in [-0.25, -0.2) is 0 Å². The molecule has 3 heteroatoms. The Labute approximate surface area is 103 Å². The number of hydrogen-bond donors (Lipinski definition) is 3. The average Bonchev–Trinajstić information content (AvgIpc) is 2.33. The minimum atomic E-state index is 0.932. The van der Waals surface area contributed by atoms with E-state index in [1.807, 2.05) is 13.8 Å². The molecule has 0 radical (unpaired) electrons. The minimum Gasteiger partial charge on any atom is -0.403 e. The van der Waals surface area contributed by atoms with Gasteiger partial charge in [-0.15, -0.1) is 0 Å². The van der Waals surface area contributed by atoms with Gasteiger partial charge in [-0.3, -0.25) is 5.84 Å². The van der Waals surface area contributed by atoms with Gasteiger partial charge in [-0.05, 0) is 12.8 Å². The standard InChI is InChI=1S/C8H19N3.C3H8.C2H6/c1-2-3-4-5-6-8(7-9)11-10;1-3-2;1-2/h7,11H,2-6,9-10H2,1H3;3H2,1-2H3;1-2H3/b8-7-;;. The van der Waals surface area contributed by atoms with E-state index in [2.05, 4.69) is 26.2 Å². The molecule has 0 aromatic carbocycles. The first-order valence-corrected chi connectivity index (χ1v) is 6.64. The van der Waals surface area contributed by atoms with Gasteiger partial charge in [-0.2, -0.15) is 0 Å². The van der Waals surface area contributed by atoms with E-state index in [0.29, 0.717) is 0 Å². The summed E-state index contributed by atoms with van der Waals surface area (Å²) in [6.45, 7) is 10.4. The van der Waals surface area contributed by atoms with Crippen molar-refractivity contribution in [1.29, 1.82) is 0 Å². The molecule has 16 heavy (non-hydrogen) atoms. The topological polar surface area (TPSA) is 64.1 Å². The molecule has 0 aliphatic heterocycles. The maximum atomic E-state index is 5.29. The zero-order valence-electron chi connectivity index (χ0n) is 12.0. The maximum Gasteiger partial charge on any atom is 0.0413 e. The van der Waals surface area contributed by atoms with Crippen LogP contribution in [-0.2, 0) is 0 Å². The molecule has 3 nitrogen and oxygen atoms in total.